The van der Waals surface area contributed by atoms with Crippen LogP contribution in [0.25, 0.3) is 0 Å². The Bertz CT molecular complexity index is 830. The van der Waals surface area contributed by atoms with Crippen LogP contribution in [0.4, 0.5) is 0 Å². The predicted octanol–water partition coefficient (Wildman–Crippen LogP) is 2.68. The molecule has 7 nitrogen and oxygen atoms in total. The van der Waals surface area contributed by atoms with Gasteiger partial charge in [-0.05, 0) is 38.4 Å². The van der Waals surface area contributed by atoms with E-state index >= 15 is 0 Å². The second kappa shape index (κ2) is 7.38. The zero-order valence-corrected chi connectivity index (χ0v) is 16.4. The average Bonchev–Trinajstić information content (AvgIpc) is 3.17. The predicted molar refractivity (Wildman–Crippen MR) is 102 cm³/mol. The Hall–Kier alpha value is -2.28. The Kier molecular flexibility index (Phi) is 4.95. The van der Waals surface area contributed by atoms with Crippen molar-refractivity contribution < 1.29 is 4.79 Å². The lowest BCUT2D eigenvalue weighted by atomic mass is 10.0. The summed E-state index contributed by atoms with van der Waals surface area (Å²) in [5.41, 5.74) is 3.62. The number of nitrogens with zero attached hydrogens (tertiary/aromatic N) is 5. The first-order valence-electron chi connectivity index (χ1n) is 9.92. The van der Waals surface area contributed by atoms with E-state index in [4.69, 9.17) is 4.98 Å². The first-order chi connectivity index (χ1) is 13.0. The van der Waals surface area contributed by atoms with Crippen molar-refractivity contribution in [3.05, 3.63) is 40.7 Å². The molecule has 0 radical (unpaired) electrons. The molecule has 2 aliphatic heterocycles. The number of carbonyl (C=O) groups is 1. The van der Waals surface area contributed by atoms with Crippen LogP contribution in [-0.2, 0) is 13.0 Å². The third kappa shape index (κ3) is 3.60. The summed E-state index contributed by atoms with van der Waals surface area (Å²) in [6, 6.07) is 2.18. The van der Waals surface area contributed by atoms with Crippen LogP contribution in [0.15, 0.2) is 12.3 Å². The molecule has 1 fully saturated rings. The summed E-state index contributed by atoms with van der Waals surface area (Å²) in [5, 5.41) is 7.16. The van der Waals surface area contributed by atoms with Gasteiger partial charge in [-0.1, -0.05) is 20.3 Å². The van der Waals surface area contributed by atoms with Gasteiger partial charge in [0.25, 0.3) is 5.91 Å². The van der Waals surface area contributed by atoms with Gasteiger partial charge in [0.05, 0.1) is 11.7 Å². The van der Waals surface area contributed by atoms with Crippen molar-refractivity contribution in [2.24, 2.45) is 0 Å². The van der Waals surface area contributed by atoms with Gasteiger partial charge in [-0.15, -0.1) is 0 Å². The summed E-state index contributed by atoms with van der Waals surface area (Å²) in [6.45, 7) is 6.50. The smallest absolute Gasteiger partial charge is 0.274 e. The van der Waals surface area contributed by atoms with Gasteiger partial charge in [-0.3, -0.25) is 14.8 Å². The first-order valence-corrected chi connectivity index (χ1v) is 9.92. The van der Waals surface area contributed by atoms with E-state index in [1.54, 1.807) is 0 Å². The van der Waals surface area contributed by atoms with Gasteiger partial charge in [0, 0.05) is 37.0 Å². The molecule has 1 N–H and O–H groups in total. The number of nitrogens with one attached hydrogen (secondary N) is 1. The topological polar surface area (TPSA) is 78.0 Å². The second-order valence-corrected chi connectivity index (χ2v) is 8.03. The molecule has 2 aromatic rings. The Balaban J connectivity index is 1.49. The van der Waals surface area contributed by atoms with Gasteiger partial charge in [-0.2, -0.15) is 5.10 Å². The maximum absolute atomic E-state index is 12.8. The minimum atomic E-state index is -0.0279. The summed E-state index contributed by atoms with van der Waals surface area (Å²) < 4.78 is 0. The number of carbonyl (C=O) groups excluding carboxylic acids is 1. The number of likely N-dealkylation sites (tertiary alicyclic amines) is 1. The van der Waals surface area contributed by atoms with Crippen molar-refractivity contribution in [3.63, 3.8) is 0 Å². The van der Waals surface area contributed by atoms with Crippen molar-refractivity contribution in [3.8, 4) is 0 Å². The standard InChI is InChI=1S/C20H28N6O/c1-13(2)16-10-17(24-23-16)20(27)26-9-7-15-14(12-26)11-21-19(22-15)18-6-4-5-8-25(18)3/h10-11,13,18H,4-9,12H2,1-3H3,(H,23,24). The number of aromatic nitrogens is 4. The largest absolute Gasteiger partial charge is 0.332 e. The molecule has 1 amide bonds. The van der Waals surface area contributed by atoms with Crippen molar-refractivity contribution in [2.75, 3.05) is 20.1 Å². The number of fused-ring (bicyclic) bond motifs is 1. The number of hydrogen-bond acceptors (Lipinski definition) is 5. The van der Waals surface area contributed by atoms with E-state index < -0.39 is 0 Å². The Morgan fingerprint density at radius 1 is 1.30 bits per heavy atom. The SMILES string of the molecule is CC(C)c1cc(C(=O)N2CCc3nc(C4CCCCN4C)ncc3C2)n[nH]1. The van der Waals surface area contributed by atoms with Gasteiger partial charge < -0.3 is 4.90 Å². The lowest BCUT2D eigenvalue weighted by Gasteiger charge is -2.32. The van der Waals surface area contributed by atoms with Crippen LogP contribution >= 0.6 is 0 Å². The van der Waals surface area contributed by atoms with E-state index in [2.05, 4.69) is 41.0 Å². The fraction of sp³-hybridized carbons (Fsp3) is 0.600. The minimum absolute atomic E-state index is 0.0279. The minimum Gasteiger partial charge on any atom is -0.332 e. The van der Waals surface area contributed by atoms with E-state index in [1.807, 2.05) is 17.2 Å². The molecule has 0 saturated carbocycles. The number of H-pyrrole nitrogens is 1. The fourth-order valence-corrected chi connectivity index (χ4v) is 3.97. The molecule has 4 heterocycles. The monoisotopic (exact) mass is 368 g/mol. The summed E-state index contributed by atoms with van der Waals surface area (Å²) in [5.74, 6) is 1.23. The van der Waals surface area contributed by atoms with Gasteiger partial charge in [0.15, 0.2) is 0 Å². The highest BCUT2D eigenvalue weighted by molar-refractivity contribution is 5.92. The van der Waals surface area contributed by atoms with E-state index in [0.717, 1.165) is 42.2 Å². The van der Waals surface area contributed by atoms with Crippen LogP contribution < -0.4 is 0 Å². The molecule has 27 heavy (non-hydrogen) atoms. The zero-order valence-electron chi connectivity index (χ0n) is 16.4. The molecule has 0 aliphatic carbocycles. The molecular formula is C20H28N6O. The average molecular weight is 368 g/mol. The Labute approximate surface area is 160 Å². The Morgan fingerprint density at radius 2 is 2.15 bits per heavy atom. The van der Waals surface area contributed by atoms with Crippen molar-refractivity contribution in [1.29, 1.82) is 0 Å². The third-order valence-corrected chi connectivity index (χ3v) is 5.75. The summed E-state index contributed by atoms with van der Waals surface area (Å²) in [7, 11) is 2.16. The molecule has 7 heteroatoms. The summed E-state index contributed by atoms with van der Waals surface area (Å²) in [6.07, 6.45) is 6.30. The number of rotatable bonds is 3. The zero-order chi connectivity index (χ0) is 19.0. The number of piperidine rings is 1. The van der Waals surface area contributed by atoms with Gasteiger partial charge in [0.1, 0.15) is 11.5 Å². The maximum atomic E-state index is 12.8. The Morgan fingerprint density at radius 3 is 2.89 bits per heavy atom. The fourth-order valence-electron chi connectivity index (χ4n) is 3.97. The van der Waals surface area contributed by atoms with E-state index in [1.165, 1.54) is 12.8 Å². The van der Waals surface area contributed by atoms with Gasteiger partial charge in [0.2, 0.25) is 0 Å². The van der Waals surface area contributed by atoms with Crippen LogP contribution in [0.2, 0.25) is 0 Å². The third-order valence-electron chi connectivity index (χ3n) is 5.75. The van der Waals surface area contributed by atoms with Crippen molar-refractivity contribution in [2.45, 2.75) is 58.0 Å². The molecule has 0 aromatic carbocycles. The molecule has 2 aliphatic rings. The molecule has 2 aromatic heterocycles. The summed E-state index contributed by atoms with van der Waals surface area (Å²) >= 11 is 0. The van der Waals surface area contributed by atoms with Gasteiger partial charge in [-0.25, -0.2) is 9.97 Å². The molecule has 0 spiro atoms. The van der Waals surface area contributed by atoms with Crippen molar-refractivity contribution >= 4 is 5.91 Å². The number of hydrogen-bond donors (Lipinski definition) is 1. The van der Waals surface area contributed by atoms with Crippen LogP contribution in [0, 0.1) is 0 Å². The van der Waals surface area contributed by atoms with E-state index in [9.17, 15) is 4.79 Å². The van der Waals surface area contributed by atoms with E-state index in [0.29, 0.717) is 30.7 Å². The molecule has 1 unspecified atom stereocenters. The van der Waals surface area contributed by atoms with Crippen molar-refractivity contribution in [1.82, 2.24) is 30.0 Å². The molecule has 144 valence electrons. The highest BCUT2D eigenvalue weighted by Crippen LogP contribution is 2.28. The quantitative estimate of drug-likeness (QED) is 0.901. The number of aromatic amines is 1. The molecule has 4 rings (SSSR count). The van der Waals surface area contributed by atoms with Gasteiger partial charge >= 0.3 is 0 Å². The highest BCUT2D eigenvalue weighted by Gasteiger charge is 2.28. The molecule has 1 saturated heterocycles. The molecular weight excluding hydrogens is 340 g/mol. The lowest BCUT2D eigenvalue weighted by molar-refractivity contribution is 0.0726. The number of amides is 1. The first kappa shape index (κ1) is 18.1. The van der Waals surface area contributed by atoms with E-state index in [-0.39, 0.29) is 5.91 Å². The van der Waals surface area contributed by atoms with Crippen LogP contribution in [-0.4, -0.2) is 56.0 Å². The second-order valence-electron chi connectivity index (χ2n) is 8.03. The van der Waals surface area contributed by atoms with Crippen LogP contribution in [0.3, 0.4) is 0 Å². The lowest BCUT2D eigenvalue weighted by Crippen LogP contribution is -2.37. The molecule has 1 atom stereocenters. The van der Waals surface area contributed by atoms with Crippen LogP contribution in [0.5, 0.6) is 0 Å². The summed E-state index contributed by atoms with van der Waals surface area (Å²) in [4.78, 5) is 26.5. The van der Waals surface area contributed by atoms with Crippen LogP contribution in [0.1, 0.15) is 78.3 Å². The maximum Gasteiger partial charge on any atom is 0.274 e. The molecule has 0 bridgehead atoms. The highest BCUT2D eigenvalue weighted by atomic mass is 16.2. The normalized spacial score (nSPS) is 20.7.